The number of β-amino-alcohol motifs (C(OH)–C–C–N with tert-alkyl or cyclic N) is 1. The number of nitrogens with one attached hydrogen (secondary N) is 1. The number of carbonyl (C=O) groups excluding carboxylic acids is 1. The van der Waals surface area contributed by atoms with E-state index in [1.165, 1.54) is 4.90 Å². The van der Waals surface area contributed by atoms with Gasteiger partial charge in [-0.25, -0.2) is 0 Å². The van der Waals surface area contributed by atoms with Gasteiger partial charge in [0.2, 0.25) is 5.91 Å². The van der Waals surface area contributed by atoms with Gasteiger partial charge >= 0.3 is 0 Å². The second-order valence-corrected chi connectivity index (χ2v) is 7.67. The van der Waals surface area contributed by atoms with Crippen molar-refractivity contribution in [3.63, 3.8) is 0 Å². The maximum absolute atomic E-state index is 12.9. The first-order valence-corrected chi connectivity index (χ1v) is 10.5. The minimum atomic E-state index is -2.31. The number of methoxy groups -OCH3 is 1. The van der Waals surface area contributed by atoms with Crippen LogP contribution in [0.1, 0.15) is 13.9 Å². The fraction of sp³-hybridized carbons (Fsp3) is 0.458. The minimum Gasteiger partial charge on any atom is -0.493 e. The molecule has 31 heavy (non-hydrogen) atoms. The average molecular weight is 431 g/mol. The van der Waals surface area contributed by atoms with Gasteiger partial charge in [0.25, 0.3) is 0 Å². The van der Waals surface area contributed by atoms with Crippen LogP contribution in [0.25, 0.3) is 0 Å². The molecule has 1 unspecified atom stereocenters. The number of piperazine rings is 1. The van der Waals surface area contributed by atoms with E-state index >= 15 is 0 Å². The number of rotatable bonds is 9. The second kappa shape index (κ2) is 11.1. The molecule has 1 heterocycles. The number of nitrogens with zero attached hydrogens (tertiary/aromatic N) is 2. The highest BCUT2D eigenvalue weighted by molar-refractivity contribution is 5.93. The molecule has 0 spiro atoms. The molecule has 3 rings (SSSR count). The van der Waals surface area contributed by atoms with E-state index in [2.05, 4.69) is 0 Å². The lowest BCUT2D eigenvalue weighted by molar-refractivity contribution is -0.117. The lowest BCUT2D eigenvalue weighted by atomic mass is 10.1. The summed E-state index contributed by atoms with van der Waals surface area (Å²) in [5.41, 5.74) is 1.90. The van der Waals surface area contributed by atoms with Crippen LogP contribution in [0, 0.1) is 13.8 Å². The van der Waals surface area contributed by atoms with E-state index in [0.29, 0.717) is 55.2 Å². The third-order valence-corrected chi connectivity index (χ3v) is 5.25. The number of hydrogen-bond acceptors (Lipinski definition) is 6. The summed E-state index contributed by atoms with van der Waals surface area (Å²) in [7, 11) is 1.56. The number of aliphatic hydroxyl groups excluding tert-OH is 1. The van der Waals surface area contributed by atoms with Crippen molar-refractivity contribution in [3.05, 3.63) is 53.6 Å². The molecule has 168 valence electrons. The molecule has 7 nitrogen and oxygen atoms in total. The molecule has 1 aliphatic heterocycles. The van der Waals surface area contributed by atoms with Gasteiger partial charge < -0.3 is 19.9 Å². The van der Waals surface area contributed by atoms with Crippen molar-refractivity contribution < 1.29 is 23.5 Å². The molecule has 0 aliphatic carbocycles. The molecule has 1 fully saturated rings. The number of ether oxygens (including phenoxy) is 2. The van der Waals surface area contributed by atoms with Gasteiger partial charge in [-0.1, -0.05) is 30.3 Å². The molecule has 2 aromatic carbocycles. The smallest absolute Gasteiger partial charge is 0.238 e. The number of aryl methyl sites for hydroxylation is 2. The molecule has 1 aliphatic rings. The van der Waals surface area contributed by atoms with E-state index in [0.717, 1.165) is 11.1 Å². The van der Waals surface area contributed by atoms with Gasteiger partial charge in [0.05, 0.1) is 16.3 Å². The summed E-state index contributed by atoms with van der Waals surface area (Å²) in [6.07, 6.45) is -0.734. The molecule has 2 N–H and O–H groups in total. The summed E-state index contributed by atoms with van der Waals surface area (Å²) in [6.45, 7) is 3.34. The van der Waals surface area contributed by atoms with Crippen molar-refractivity contribution in [2.75, 3.05) is 58.2 Å². The van der Waals surface area contributed by atoms with E-state index in [9.17, 15) is 9.90 Å². The summed E-state index contributed by atoms with van der Waals surface area (Å²) in [5, 5.41) is 11.1. The monoisotopic (exact) mass is 430 g/mol. The normalized spacial score (nSPS) is 17.9. The Hall–Kier alpha value is -2.61. The first-order valence-electron chi connectivity index (χ1n) is 11.9. The molecule has 7 heteroatoms. The average Bonchev–Trinajstić information content (AvgIpc) is 2.82. The number of aliphatic hydroxyl groups is 1. The lowest BCUT2D eigenvalue weighted by Crippen LogP contribution is -2.50. The quantitative estimate of drug-likeness (QED) is 0.636. The Kier molecular flexibility index (Phi) is 6.86. The summed E-state index contributed by atoms with van der Waals surface area (Å²) in [5.74, 6) is 0.243. The molecular weight excluding hydrogens is 394 g/mol. The number of hydrogen-bond donors (Lipinski definition) is 2. The predicted molar refractivity (Wildman–Crippen MR) is 122 cm³/mol. The van der Waals surface area contributed by atoms with Crippen LogP contribution in [-0.4, -0.2) is 79.9 Å². The van der Waals surface area contributed by atoms with Crippen LogP contribution in [0.5, 0.6) is 11.5 Å². The van der Waals surface area contributed by atoms with Crippen LogP contribution in [0.4, 0.5) is 5.69 Å². The van der Waals surface area contributed by atoms with Crippen LogP contribution in [0.15, 0.2) is 42.5 Å². The van der Waals surface area contributed by atoms with Gasteiger partial charge in [-0.05, 0) is 37.1 Å². The third-order valence-electron chi connectivity index (χ3n) is 5.25. The zero-order valence-corrected chi connectivity index (χ0v) is 18.4. The van der Waals surface area contributed by atoms with Crippen molar-refractivity contribution in [2.24, 2.45) is 0 Å². The molecular formula is C24H33N3O4. The maximum atomic E-state index is 12.9. The maximum Gasteiger partial charge on any atom is 0.238 e. The fourth-order valence-corrected chi connectivity index (χ4v) is 3.56. The fourth-order valence-electron chi connectivity index (χ4n) is 3.56. The number of para-hydroxylation sites is 3. The van der Waals surface area contributed by atoms with E-state index < -0.39 is 18.5 Å². The molecule has 1 saturated heterocycles. The highest BCUT2D eigenvalue weighted by Gasteiger charge is 2.21. The molecule has 2 aromatic rings. The van der Waals surface area contributed by atoms with Crippen molar-refractivity contribution in [2.45, 2.75) is 20.0 Å². The van der Waals surface area contributed by atoms with Crippen LogP contribution < -0.4 is 14.8 Å². The Labute approximate surface area is 188 Å². The van der Waals surface area contributed by atoms with Gasteiger partial charge in [-0.3, -0.25) is 14.6 Å². The minimum absolute atomic E-state index is 0.101. The topological polar surface area (TPSA) is 74.3 Å². The Balaban J connectivity index is 1.52. The van der Waals surface area contributed by atoms with Gasteiger partial charge in [-0.15, -0.1) is 0 Å². The van der Waals surface area contributed by atoms with Crippen molar-refractivity contribution in [1.82, 2.24) is 9.80 Å². The number of carbonyl (C=O) groups is 1. The second-order valence-electron chi connectivity index (χ2n) is 7.67. The zero-order valence-electron chi connectivity index (χ0n) is 21.4. The number of benzene rings is 2. The molecule has 1 atom stereocenters. The highest BCUT2D eigenvalue weighted by Crippen LogP contribution is 2.25. The van der Waals surface area contributed by atoms with Crippen molar-refractivity contribution >= 4 is 11.6 Å². The molecule has 0 saturated carbocycles. The summed E-state index contributed by atoms with van der Waals surface area (Å²) >= 11 is 0. The van der Waals surface area contributed by atoms with E-state index in [1.54, 1.807) is 45.2 Å². The standard InChI is InChI=1S/C24H33N3O4/c1-18-7-6-8-19(2)24(18)25-23(29)16-27-13-11-26(12-14-27)15-20(28)17-31-22-10-5-4-9-21(22)30-3/h4-10,20,28H,11-17H2,1-3H3,(H,25,29)/i16D2/hD. The first kappa shape index (κ1) is 19.1. The van der Waals surface area contributed by atoms with E-state index in [4.69, 9.17) is 13.6 Å². The Morgan fingerprint density at radius 1 is 1.10 bits per heavy atom. The van der Waals surface area contributed by atoms with Gasteiger partial charge in [0, 0.05) is 38.4 Å². The number of anilines is 1. The third kappa shape index (κ3) is 6.69. The van der Waals surface area contributed by atoms with Crippen LogP contribution >= 0.6 is 0 Å². The van der Waals surface area contributed by atoms with Crippen LogP contribution in [-0.2, 0) is 4.79 Å². The van der Waals surface area contributed by atoms with Crippen molar-refractivity contribution in [3.8, 4) is 11.5 Å². The number of amides is 1. The van der Waals surface area contributed by atoms with E-state index in [-0.39, 0.29) is 6.61 Å². The first-order chi connectivity index (χ1) is 16.1. The SMILES string of the molecule is [2H]N(C(=O)C([2H])([2H])N1CCN(CC(O)COc2ccccc2OC)CC1)c1c(C)cccc1C. The summed E-state index contributed by atoms with van der Waals surface area (Å²) < 4.78 is 36.1. The van der Waals surface area contributed by atoms with Crippen LogP contribution in [0.3, 0.4) is 0 Å². The van der Waals surface area contributed by atoms with Gasteiger partial charge in [-0.2, -0.15) is 0 Å². The molecule has 0 bridgehead atoms. The molecule has 0 aromatic heterocycles. The predicted octanol–water partition coefficient (Wildman–Crippen LogP) is 2.31. The van der Waals surface area contributed by atoms with Crippen LogP contribution in [0.2, 0.25) is 1.41 Å². The van der Waals surface area contributed by atoms with Gasteiger partial charge in [0.1, 0.15) is 12.7 Å². The largest absolute Gasteiger partial charge is 0.493 e. The molecule has 1 amide bonds. The van der Waals surface area contributed by atoms with Gasteiger partial charge in [0.15, 0.2) is 12.9 Å². The zero-order chi connectivity index (χ0) is 24.9. The Morgan fingerprint density at radius 2 is 1.71 bits per heavy atom. The van der Waals surface area contributed by atoms with Crippen molar-refractivity contribution in [1.29, 1.82) is 0 Å². The summed E-state index contributed by atoms with van der Waals surface area (Å²) in [6, 6.07) is 12.7. The Bertz CT molecular complexity index is 963. The Morgan fingerprint density at radius 3 is 2.35 bits per heavy atom. The summed E-state index contributed by atoms with van der Waals surface area (Å²) in [4.78, 5) is 16.4. The lowest BCUT2D eigenvalue weighted by Gasteiger charge is -2.35. The highest BCUT2D eigenvalue weighted by atomic mass is 16.5. The van der Waals surface area contributed by atoms with E-state index in [1.807, 2.05) is 23.1 Å². The molecule has 0 radical (unpaired) electrons.